The Labute approximate surface area is 140 Å². The van der Waals surface area contributed by atoms with Gasteiger partial charge in [-0.05, 0) is 38.4 Å². The summed E-state index contributed by atoms with van der Waals surface area (Å²) < 4.78 is 1.76. The summed E-state index contributed by atoms with van der Waals surface area (Å²) in [7, 11) is 4.05. The minimum Gasteiger partial charge on any atom is -0.367 e. The van der Waals surface area contributed by atoms with E-state index in [0.29, 0.717) is 5.56 Å². The molecule has 7 nitrogen and oxygen atoms in total. The van der Waals surface area contributed by atoms with Gasteiger partial charge >= 0.3 is 0 Å². The molecule has 3 aromatic rings. The van der Waals surface area contributed by atoms with Crippen LogP contribution in [0.15, 0.2) is 42.6 Å². The zero-order chi connectivity index (χ0) is 17.1. The number of aromatic nitrogens is 3. The molecule has 0 radical (unpaired) electrons. The number of amides is 1. The number of nitrogens with zero attached hydrogens (tertiary/aromatic N) is 4. The van der Waals surface area contributed by atoms with Crippen molar-refractivity contribution in [1.82, 2.24) is 19.5 Å². The van der Waals surface area contributed by atoms with E-state index in [1.54, 1.807) is 28.9 Å². The molecule has 0 atom stereocenters. The summed E-state index contributed by atoms with van der Waals surface area (Å²) in [6, 6.07) is 11.0. The second-order valence-corrected chi connectivity index (χ2v) is 5.81. The molecule has 124 valence electrons. The van der Waals surface area contributed by atoms with Crippen LogP contribution in [0.3, 0.4) is 0 Å². The zero-order valence-electron chi connectivity index (χ0n) is 13.7. The molecule has 0 saturated carbocycles. The summed E-state index contributed by atoms with van der Waals surface area (Å²) in [5.41, 5.74) is 8.22. The van der Waals surface area contributed by atoms with Gasteiger partial charge in [-0.3, -0.25) is 4.79 Å². The van der Waals surface area contributed by atoms with Crippen LogP contribution in [0.25, 0.3) is 16.9 Å². The van der Waals surface area contributed by atoms with Gasteiger partial charge in [0.25, 0.3) is 0 Å². The molecule has 1 aromatic carbocycles. The molecule has 0 aliphatic carbocycles. The highest BCUT2D eigenvalue weighted by molar-refractivity contribution is 5.94. The van der Waals surface area contributed by atoms with E-state index in [1.807, 2.05) is 32.3 Å². The standard InChI is InChI=1S/C17H20N6O/c1-22(2)9-8-19-15-6-7-16-20-11-14(23(16)21-15)12-4-3-5-13(10-12)17(18)24/h3-7,10-11H,8-9H2,1-2H3,(H2,18,24)(H,19,21). The van der Waals surface area contributed by atoms with Crippen molar-refractivity contribution in [2.24, 2.45) is 5.73 Å². The van der Waals surface area contributed by atoms with E-state index in [-0.39, 0.29) is 0 Å². The van der Waals surface area contributed by atoms with Crippen LogP contribution in [0.5, 0.6) is 0 Å². The van der Waals surface area contributed by atoms with Crippen molar-refractivity contribution in [1.29, 1.82) is 0 Å². The van der Waals surface area contributed by atoms with E-state index in [1.165, 1.54) is 0 Å². The van der Waals surface area contributed by atoms with Crippen LogP contribution in [-0.4, -0.2) is 52.6 Å². The largest absolute Gasteiger partial charge is 0.367 e. The monoisotopic (exact) mass is 324 g/mol. The number of anilines is 1. The first-order chi connectivity index (χ1) is 11.5. The van der Waals surface area contributed by atoms with Crippen LogP contribution >= 0.6 is 0 Å². The van der Waals surface area contributed by atoms with Crippen molar-refractivity contribution in [3.8, 4) is 11.3 Å². The third kappa shape index (κ3) is 3.36. The topological polar surface area (TPSA) is 88.5 Å². The molecule has 0 aliphatic heterocycles. The van der Waals surface area contributed by atoms with Crippen LogP contribution in [0.2, 0.25) is 0 Å². The van der Waals surface area contributed by atoms with Crippen molar-refractivity contribution in [3.63, 3.8) is 0 Å². The summed E-state index contributed by atoms with van der Waals surface area (Å²) in [5, 5.41) is 7.88. The number of benzene rings is 1. The summed E-state index contributed by atoms with van der Waals surface area (Å²) in [6.07, 6.45) is 1.74. The molecule has 0 bridgehead atoms. The molecule has 0 spiro atoms. The lowest BCUT2D eigenvalue weighted by Crippen LogP contribution is -2.21. The lowest BCUT2D eigenvalue weighted by atomic mass is 10.1. The Morgan fingerprint density at radius 2 is 2.12 bits per heavy atom. The van der Waals surface area contributed by atoms with Crippen LogP contribution < -0.4 is 11.1 Å². The van der Waals surface area contributed by atoms with E-state index in [2.05, 4.69) is 20.3 Å². The Hall–Kier alpha value is -2.93. The highest BCUT2D eigenvalue weighted by atomic mass is 16.1. The molecule has 24 heavy (non-hydrogen) atoms. The first-order valence-electron chi connectivity index (χ1n) is 7.68. The van der Waals surface area contributed by atoms with Crippen molar-refractivity contribution >= 4 is 17.4 Å². The molecule has 3 N–H and O–H groups in total. The summed E-state index contributed by atoms with van der Waals surface area (Å²) in [5.74, 6) is 0.319. The molecular weight excluding hydrogens is 304 g/mol. The van der Waals surface area contributed by atoms with Gasteiger partial charge in [0.2, 0.25) is 5.91 Å². The van der Waals surface area contributed by atoms with E-state index in [9.17, 15) is 4.79 Å². The van der Waals surface area contributed by atoms with Crippen molar-refractivity contribution < 1.29 is 4.79 Å². The number of imidazole rings is 1. The second kappa shape index (κ2) is 6.67. The Morgan fingerprint density at radius 3 is 2.88 bits per heavy atom. The SMILES string of the molecule is CN(C)CCNc1ccc2ncc(-c3cccc(C(N)=O)c3)n2n1. The van der Waals surface area contributed by atoms with Gasteiger partial charge in [0.15, 0.2) is 5.65 Å². The van der Waals surface area contributed by atoms with E-state index >= 15 is 0 Å². The second-order valence-electron chi connectivity index (χ2n) is 5.81. The lowest BCUT2D eigenvalue weighted by molar-refractivity contribution is 0.100. The third-order valence-corrected chi connectivity index (χ3v) is 3.67. The Bertz CT molecular complexity index is 870. The quantitative estimate of drug-likeness (QED) is 0.717. The molecule has 0 unspecified atom stereocenters. The Balaban J connectivity index is 1.94. The van der Waals surface area contributed by atoms with Gasteiger partial charge < -0.3 is 16.0 Å². The van der Waals surface area contributed by atoms with Crippen molar-refractivity contribution in [2.75, 3.05) is 32.5 Å². The van der Waals surface area contributed by atoms with Crippen molar-refractivity contribution in [3.05, 3.63) is 48.2 Å². The number of carbonyl (C=O) groups is 1. The third-order valence-electron chi connectivity index (χ3n) is 3.67. The Morgan fingerprint density at radius 1 is 1.29 bits per heavy atom. The fourth-order valence-corrected chi connectivity index (χ4v) is 2.40. The van der Waals surface area contributed by atoms with Gasteiger partial charge in [-0.15, -0.1) is 5.10 Å². The average Bonchev–Trinajstić information content (AvgIpc) is 2.98. The molecule has 2 heterocycles. The summed E-state index contributed by atoms with van der Waals surface area (Å²) >= 11 is 0. The van der Waals surface area contributed by atoms with Gasteiger partial charge in [0.1, 0.15) is 5.82 Å². The predicted octanol–water partition coefficient (Wildman–Crippen LogP) is 1.47. The number of fused-ring (bicyclic) bond motifs is 1. The number of hydrogen-bond donors (Lipinski definition) is 2. The molecule has 0 saturated heterocycles. The first kappa shape index (κ1) is 15.9. The number of nitrogens with two attached hydrogens (primary N) is 1. The smallest absolute Gasteiger partial charge is 0.248 e. The van der Waals surface area contributed by atoms with Gasteiger partial charge in [-0.2, -0.15) is 0 Å². The Kier molecular flexibility index (Phi) is 4.43. The summed E-state index contributed by atoms with van der Waals surface area (Å²) in [4.78, 5) is 17.9. The zero-order valence-corrected chi connectivity index (χ0v) is 13.7. The number of rotatable bonds is 6. The van der Waals surface area contributed by atoms with E-state index < -0.39 is 5.91 Å². The van der Waals surface area contributed by atoms with Gasteiger partial charge in [-0.1, -0.05) is 12.1 Å². The maximum atomic E-state index is 11.4. The first-order valence-corrected chi connectivity index (χ1v) is 7.68. The molecule has 0 fully saturated rings. The fourth-order valence-electron chi connectivity index (χ4n) is 2.40. The highest BCUT2D eigenvalue weighted by Gasteiger charge is 2.10. The van der Waals surface area contributed by atoms with Gasteiger partial charge in [0.05, 0.1) is 11.9 Å². The number of likely N-dealkylation sites (N-methyl/N-ethyl adjacent to an activating group) is 1. The molecule has 3 rings (SSSR count). The molecule has 1 amide bonds. The van der Waals surface area contributed by atoms with E-state index in [4.69, 9.17) is 5.73 Å². The number of carbonyl (C=O) groups excluding carboxylic acids is 1. The maximum absolute atomic E-state index is 11.4. The van der Waals surface area contributed by atoms with Gasteiger partial charge in [-0.25, -0.2) is 9.50 Å². The minimum absolute atomic E-state index is 0.454. The molecule has 2 aromatic heterocycles. The minimum atomic E-state index is -0.454. The van der Waals surface area contributed by atoms with Crippen LogP contribution in [0, 0.1) is 0 Å². The van der Waals surface area contributed by atoms with E-state index in [0.717, 1.165) is 35.8 Å². The maximum Gasteiger partial charge on any atom is 0.248 e. The van der Waals surface area contributed by atoms with Gasteiger partial charge in [0, 0.05) is 24.2 Å². The normalized spacial score (nSPS) is 11.1. The molecule has 7 heteroatoms. The van der Waals surface area contributed by atoms with Crippen LogP contribution in [0.1, 0.15) is 10.4 Å². The number of nitrogens with one attached hydrogen (secondary N) is 1. The lowest BCUT2D eigenvalue weighted by Gasteiger charge is -2.11. The molecular formula is C17H20N6O. The number of primary amides is 1. The number of hydrogen-bond acceptors (Lipinski definition) is 5. The molecule has 0 aliphatic rings. The average molecular weight is 324 g/mol. The summed E-state index contributed by atoms with van der Waals surface area (Å²) in [6.45, 7) is 1.71. The van der Waals surface area contributed by atoms with Crippen LogP contribution in [0.4, 0.5) is 5.82 Å². The van der Waals surface area contributed by atoms with Crippen molar-refractivity contribution in [2.45, 2.75) is 0 Å². The highest BCUT2D eigenvalue weighted by Crippen LogP contribution is 2.21. The fraction of sp³-hybridized carbons (Fsp3) is 0.235. The van der Waals surface area contributed by atoms with Crippen LogP contribution in [-0.2, 0) is 0 Å². The predicted molar refractivity (Wildman–Crippen MR) is 94.0 cm³/mol.